The van der Waals surface area contributed by atoms with Gasteiger partial charge < -0.3 is 20.3 Å². The second-order valence-electron chi connectivity index (χ2n) is 25.3. The summed E-state index contributed by atoms with van der Waals surface area (Å²) in [5, 5.41) is 23.2. The molecule has 0 aliphatic rings. The van der Waals surface area contributed by atoms with Gasteiger partial charge in [-0.1, -0.05) is 386 Å². The summed E-state index contributed by atoms with van der Waals surface area (Å²) in [5.41, 5.74) is 0. The smallest absolute Gasteiger partial charge is 0.305 e. The van der Waals surface area contributed by atoms with Gasteiger partial charge in [-0.2, -0.15) is 0 Å². The van der Waals surface area contributed by atoms with Crippen molar-refractivity contribution in [1.82, 2.24) is 5.32 Å². The molecule has 3 N–H and O–H groups in total. The highest BCUT2D eigenvalue weighted by atomic mass is 16.5. The molecule has 6 heteroatoms. The van der Waals surface area contributed by atoms with Crippen LogP contribution in [0.2, 0.25) is 0 Å². The summed E-state index contributed by atoms with van der Waals surface area (Å²) >= 11 is 0. The Morgan fingerprint density at radius 1 is 0.342 bits per heavy atom. The SMILES string of the molecule is CCCCCCCCCCCCCCCCC/C=C/C(O)C(CO)NC(=O)CCCCCCCCCCCCCCCCCCCCCCCCCCCCCCOC(=O)CCCCCCCCCCCCCCCCCCC. The van der Waals surface area contributed by atoms with Gasteiger partial charge in [0, 0.05) is 12.8 Å². The summed E-state index contributed by atoms with van der Waals surface area (Å²) in [6.45, 7) is 4.96. The number of hydrogen-bond acceptors (Lipinski definition) is 5. The third-order valence-corrected chi connectivity index (χ3v) is 17.3. The zero-order chi connectivity index (χ0) is 57.1. The van der Waals surface area contributed by atoms with Crippen LogP contribution in [-0.4, -0.2) is 47.4 Å². The zero-order valence-electron chi connectivity index (χ0n) is 53.9. The molecule has 79 heavy (non-hydrogen) atoms. The molecule has 0 aliphatic carbocycles. The molecule has 0 bridgehead atoms. The second-order valence-corrected chi connectivity index (χ2v) is 25.3. The Hall–Kier alpha value is -1.40. The monoisotopic (exact) mass is 1110 g/mol. The van der Waals surface area contributed by atoms with E-state index in [0.29, 0.717) is 19.4 Å². The average Bonchev–Trinajstić information content (AvgIpc) is 3.45. The van der Waals surface area contributed by atoms with Crippen molar-refractivity contribution in [3.05, 3.63) is 12.2 Å². The van der Waals surface area contributed by atoms with Crippen LogP contribution in [-0.2, 0) is 14.3 Å². The van der Waals surface area contributed by atoms with Crippen LogP contribution in [0.25, 0.3) is 0 Å². The molecule has 0 aromatic heterocycles. The maximum absolute atomic E-state index is 12.5. The van der Waals surface area contributed by atoms with Gasteiger partial charge in [0.05, 0.1) is 25.4 Å². The van der Waals surface area contributed by atoms with Gasteiger partial charge in [-0.3, -0.25) is 9.59 Å². The van der Waals surface area contributed by atoms with Crippen LogP contribution in [0.4, 0.5) is 0 Å². The molecule has 470 valence electrons. The molecule has 0 saturated carbocycles. The van der Waals surface area contributed by atoms with Crippen LogP contribution in [0.3, 0.4) is 0 Å². The number of nitrogens with one attached hydrogen (secondary N) is 1. The molecule has 0 aliphatic heterocycles. The van der Waals surface area contributed by atoms with Crippen molar-refractivity contribution in [1.29, 1.82) is 0 Å². The quantitative estimate of drug-likeness (QED) is 0.0320. The standard InChI is InChI=1S/C73H143NO5/c1-3-5-7-9-11-13-15-17-19-33-37-41-45-49-53-57-61-65-71(76)70(69-75)74-72(77)66-62-58-54-50-46-42-38-35-31-29-27-25-23-21-22-24-26-28-30-32-36-40-44-48-52-56-60-64-68-79-73(78)67-63-59-55-51-47-43-39-34-20-18-16-14-12-10-8-6-4-2/h61,65,70-71,75-76H,3-60,62-64,66-69H2,1-2H3,(H,74,77)/b65-61+. The largest absolute Gasteiger partial charge is 0.466 e. The third kappa shape index (κ3) is 65.6. The molecule has 0 rings (SSSR count). The number of carbonyl (C=O) groups is 2. The Morgan fingerprint density at radius 2 is 0.582 bits per heavy atom. The number of allylic oxidation sites excluding steroid dienone is 1. The number of carbonyl (C=O) groups excluding carboxylic acids is 2. The Labute approximate surface area is 495 Å². The van der Waals surface area contributed by atoms with Crippen molar-refractivity contribution < 1.29 is 24.5 Å². The van der Waals surface area contributed by atoms with E-state index in [1.165, 1.54) is 353 Å². The minimum atomic E-state index is -0.842. The van der Waals surface area contributed by atoms with E-state index in [0.717, 1.165) is 38.5 Å². The highest BCUT2D eigenvalue weighted by molar-refractivity contribution is 5.76. The van der Waals surface area contributed by atoms with Gasteiger partial charge in [-0.05, 0) is 32.1 Å². The van der Waals surface area contributed by atoms with Gasteiger partial charge >= 0.3 is 5.97 Å². The van der Waals surface area contributed by atoms with Gasteiger partial charge in [0.25, 0.3) is 0 Å². The summed E-state index contributed by atoms with van der Waals surface area (Å²) in [7, 11) is 0. The number of amides is 1. The molecule has 0 aromatic rings. The molecule has 0 spiro atoms. The fourth-order valence-electron chi connectivity index (χ4n) is 11.8. The minimum absolute atomic E-state index is 0.0235. The lowest BCUT2D eigenvalue weighted by atomic mass is 10.0. The van der Waals surface area contributed by atoms with Crippen molar-refractivity contribution >= 4 is 11.9 Å². The summed E-state index contributed by atoms with van der Waals surface area (Å²) < 4.78 is 5.51. The Kier molecular flexibility index (Phi) is 67.9. The van der Waals surface area contributed by atoms with E-state index in [1.54, 1.807) is 6.08 Å². The molecule has 0 aromatic carbocycles. The molecule has 0 fully saturated rings. The van der Waals surface area contributed by atoms with Crippen LogP contribution in [0.5, 0.6) is 0 Å². The van der Waals surface area contributed by atoms with Gasteiger partial charge in [-0.15, -0.1) is 0 Å². The van der Waals surface area contributed by atoms with E-state index in [2.05, 4.69) is 19.2 Å². The van der Waals surface area contributed by atoms with Crippen LogP contribution < -0.4 is 5.32 Å². The topological polar surface area (TPSA) is 95.9 Å². The van der Waals surface area contributed by atoms with Gasteiger partial charge in [0.1, 0.15) is 0 Å². The maximum atomic E-state index is 12.5. The number of rotatable bonds is 69. The molecule has 0 saturated heterocycles. The molecule has 0 radical (unpaired) electrons. The molecule has 0 heterocycles. The zero-order valence-corrected chi connectivity index (χ0v) is 53.9. The lowest BCUT2D eigenvalue weighted by molar-refractivity contribution is -0.143. The number of esters is 1. The molecule has 2 unspecified atom stereocenters. The summed E-state index contributed by atoms with van der Waals surface area (Å²) in [6.07, 6.45) is 85.9. The number of unbranched alkanes of at least 4 members (excludes halogenated alkanes) is 58. The summed E-state index contributed by atoms with van der Waals surface area (Å²) in [5.74, 6) is -0.0375. The van der Waals surface area contributed by atoms with E-state index >= 15 is 0 Å². The van der Waals surface area contributed by atoms with E-state index in [-0.39, 0.29) is 18.5 Å². The summed E-state index contributed by atoms with van der Waals surface area (Å²) in [6, 6.07) is -0.625. The van der Waals surface area contributed by atoms with Crippen LogP contribution >= 0.6 is 0 Å². The number of hydrogen-bond donors (Lipinski definition) is 3. The fourth-order valence-corrected chi connectivity index (χ4v) is 11.8. The van der Waals surface area contributed by atoms with Crippen LogP contribution in [0.15, 0.2) is 12.2 Å². The van der Waals surface area contributed by atoms with Crippen molar-refractivity contribution in [2.24, 2.45) is 0 Å². The highest BCUT2D eigenvalue weighted by Crippen LogP contribution is 2.19. The van der Waals surface area contributed by atoms with Crippen molar-refractivity contribution in [2.45, 2.75) is 431 Å². The van der Waals surface area contributed by atoms with E-state index < -0.39 is 12.1 Å². The van der Waals surface area contributed by atoms with E-state index in [9.17, 15) is 19.8 Å². The maximum Gasteiger partial charge on any atom is 0.305 e. The fraction of sp³-hybridized carbons (Fsp3) is 0.945. The Morgan fingerprint density at radius 3 is 0.861 bits per heavy atom. The molecule has 2 atom stereocenters. The number of ether oxygens (including phenoxy) is 1. The molecule has 6 nitrogen and oxygen atoms in total. The van der Waals surface area contributed by atoms with Crippen molar-refractivity contribution in [2.75, 3.05) is 13.2 Å². The predicted octanol–water partition coefficient (Wildman–Crippen LogP) is 23.5. The molecule has 1 amide bonds. The lowest BCUT2D eigenvalue weighted by Gasteiger charge is -2.20. The first-order valence-corrected chi connectivity index (χ1v) is 36.5. The van der Waals surface area contributed by atoms with Gasteiger partial charge in [0.2, 0.25) is 5.91 Å². The predicted molar refractivity (Wildman–Crippen MR) is 347 cm³/mol. The van der Waals surface area contributed by atoms with Crippen LogP contribution in [0, 0.1) is 0 Å². The number of aliphatic hydroxyl groups excluding tert-OH is 2. The Bertz CT molecular complexity index is 1190. The second kappa shape index (κ2) is 69.1. The average molecular weight is 1110 g/mol. The van der Waals surface area contributed by atoms with E-state index in [1.807, 2.05) is 6.08 Å². The third-order valence-electron chi connectivity index (χ3n) is 17.3. The normalized spacial score (nSPS) is 12.5. The number of aliphatic hydroxyl groups is 2. The lowest BCUT2D eigenvalue weighted by Crippen LogP contribution is -2.45. The molecular formula is C73H143NO5. The van der Waals surface area contributed by atoms with Crippen LogP contribution in [0.1, 0.15) is 418 Å². The first-order valence-electron chi connectivity index (χ1n) is 36.5. The van der Waals surface area contributed by atoms with Crippen molar-refractivity contribution in [3.8, 4) is 0 Å². The van der Waals surface area contributed by atoms with Gasteiger partial charge in [-0.25, -0.2) is 0 Å². The first kappa shape index (κ1) is 77.6. The highest BCUT2D eigenvalue weighted by Gasteiger charge is 2.18. The van der Waals surface area contributed by atoms with Crippen molar-refractivity contribution in [3.63, 3.8) is 0 Å². The molecular weight excluding hydrogens is 971 g/mol. The van der Waals surface area contributed by atoms with E-state index in [4.69, 9.17) is 4.74 Å². The summed E-state index contributed by atoms with van der Waals surface area (Å²) in [4.78, 5) is 24.6. The van der Waals surface area contributed by atoms with Gasteiger partial charge in [0.15, 0.2) is 0 Å². The minimum Gasteiger partial charge on any atom is -0.466 e. The Balaban J connectivity index is 3.34. The first-order chi connectivity index (χ1) is 39.0.